The third kappa shape index (κ3) is 4.26. The quantitative estimate of drug-likeness (QED) is 0.670. The molecule has 2 aliphatic rings. The first-order valence-corrected chi connectivity index (χ1v) is 9.71. The van der Waals surface area contributed by atoms with E-state index in [4.69, 9.17) is 9.47 Å². The number of ether oxygens (including phenoxy) is 2. The normalized spacial score (nSPS) is 21.9. The second-order valence-corrected chi connectivity index (χ2v) is 7.49. The molecule has 0 unspecified atom stereocenters. The third-order valence-corrected chi connectivity index (χ3v) is 5.61. The van der Waals surface area contributed by atoms with Gasteiger partial charge in [-0.2, -0.15) is 0 Å². The standard InChI is InChI=1S/C21H24FN3O3/c1-15(21(26)23-18-5-3-17(22)4-6-18)25-10-8-24(9-11-25)13-16-2-7-19-20(12-16)28-14-27-19/h2-7,12,15H,8-11,13-14H2,1H3,(H,23,26)/p+2/t15-/m1/s1. The molecular weight excluding hydrogens is 361 g/mol. The maximum absolute atomic E-state index is 13.0. The summed E-state index contributed by atoms with van der Waals surface area (Å²) in [6.45, 7) is 7.11. The minimum Gasteiger partial charge on any atom is -0.454 e. The Morgan fingerprint density at radius 2 is 1.79 bits per heavy atom. The van der Waals surface area contributed by atoms with Crippen molar-refractivity contribution in [2.24, 2.45) is 0 Å². The van der Waals surface area contributed by atoms with Gasteiger partial charge >= 0.3 is 0 Å². The van der Waals surface area contributed by atoms with Crippen molar-refractivity contribution >= 4 is 11.6 Å². The van der Waals surface area contributed by atoms with Crippen LogP contribution in [-0.4, -0.2) is 44.9 Å². The number of hydrogen-bond donors (Lipinski definition) is 3. The summed E-state index contributed by atoms with van der Waals surface area (Å²) in [5, 5.41) is 2.88. The van der Waals surface area contributed by atoms with E-state index in [1.807, 2.05) is 13.0 Å². The minimum atomic E-state index is -0.307. The fourth-order valence-corrected chi connectivity index (χ4v) is 3.84. The molecule has 2 aliphatic heterocycles. The van der Waals surface area contributed by atoms with E-state index in [2.05, 4.69) is 17.4 Å². The van der Waals surface area contributed by atoms with Gasteiger partial charge in [0.15, 0.2) is 17.5 Å². The van der Waals surface area contributed by atoms with Gasteiger partial charge in [0.2, 0.25) is 6.79 Å². The van der Waals surface area contributed by atoms with Crippen LogP contribution < -0.4 is 24.6 Å². The van der Waals surface area contributed by atoms with Gasteiger partial charge in [0, 0.05) is 11.3 Å². The highest BCUT2D eigenvalue weighted by atomic mass is 19.1. The fourth-order valence-electron chi connectivity index (χ4n) is 3.84. The molecule has 0 aliphatic carbocycles. The van der Waals surface area contributed by atoms with Crippen LogP contribution in [0.5, 0.6) is 11.5 Å². The Morgan fingerprint density at radius 3 is 2.54 bits per heavy atom. The number of fused-ring (bicyclic) bond motifs is 1. The predicted octanol–water partition coefficient (Wildman–Crippen LogP) is -0.135. The summed E-state index contributed by atoms with van der Waals surface area (Å²) in [6.07, 6.45) is 0. The summed E-state index contributed by atoms with van der Waals surface area (Å²) < 4.78 is 23.8. The Kier molecular flexibility index (Phi) is 5.45. The molecule has 1 amide bonds. The molecule has 2 heterocycles. The van der Waals surface area contributed by atoms with Crippen LogP contribution in [0.3, 0.4) is 0 Å². The number of piperazine rings is 1. The fraction of sp³-hybridized carbons (Fsp3) is 0.381. The van der Waals surface area contributed by atoms with Crippen LogP contribution in [0, 0.1) is 5.82 Å². The molecule has 1 fully saturated rings. The molecule has 6 nitrogen and oxygen atoms in total. The Hall–Kier alpha value is -2.64. The molecule has 148 valence electrons. The lowest BCUT2D eigenvalue weighted by atomic mass is 10.1. The maximum Gasteiger partial charge on any atom is 0.282 e. The molecule has 7 heteroatoms. The van der Waals surface area contributed by atoms with Crippen LogP contribution in [0.1, 0.15) is 12.5 Å². The zero-order valence-corrected chi connectivity index (χ0v) is 16.0. The number of amides is 1. The van der Waals surface area contributed by atoms with Crippen LogP contribution >= 0.6 is 0 Å². The van der Waals surface area contributed by atoms with Gasteiger partial charge < -0.3 is 24.6 Å². The lowest BCUT2D eigenvalue weighted by Crippen LogP contribution is -3.29. The molecule has 2 aromatic rings. The summed E-state index contributed by atoms with van der Waals surface area (Å²) in [4.78, 5) is 15.3. The SMILES string of the molecule is C[C@H](C(=O)Nc1ccc(F)cc1)[NH+]1CC[NH+](Cc2ccc3c(c2)OCO3)CC1. The van der Waals surface area contributed by atoms with Crippen molar-refractivity contribution in [3.63, 3.8) is 0 Å². The first-order chi connectivity index (χ1) is 13.6. The summed E-state index contributed by atoms with van der Waals surface area (Å²) >= 11 is 0. The average molecular weight is 387 g/mol. The molecule has 2 aromatic carbocycles. The second-order valence-electron chi connectivity index (χ2n) is 7.49. The van der Waals surface area contributed by atoms with Crippen LogP contribution in [0.4, 0.5) is 10.1 Å². The van der Waals surface area contributed by atoms with Crippen molar-refractivity contribution in [2.45, 2.75) is 19.5 Å². The highest BCUT2D eigenvalue weighted by molar-refractivity contribution is 5.93. The van der Waals surface area contributed by atoms with Crippen LogP contribution in [-0.2, 0) is 11.3 Å². The Bertz CT molecular complexity index is 835. The van der Waals surface area contributed by atoms with E-state index in [0.717, 1.165) is 44.2 Å². The lowest BCUT2D eigenvalue weighted by Gasteiger charge is -2.32. The van der Waals surface area contributed by atoms with Crippen LogP contribution in [0.2, 0.25) is 0 Å². The molecule has 0 radical (unpaired) electrons. The van der Waals surface area contributed by atoms with Gasteiger partial charge in [-0.05, 0) is 49.4 Å². The average Bonchev–Trinajstić information content (AvgIpc) is 3.17. The summed E-state index contributed by atoms with van der Waals surface area (Å²) in [5.74, 6) is 1.31. The van der Waals surface area contributed by atoms with Crippen LogP contribution in [0.15, 0.2) is 42.5 Å². The Morgan fingerprint density at radius 1 is 1.07 bits per heavy atom. The number of hydrogen-bond acceptors (Lipinski definition) is 3. The highest BCUT2D eigenvalue weighted by Gasteiger charge is 2.31. The Balaban J connectivity index is 1.27. The van der Waals surface area contributed by atoms with E-state index >= 15 is 0 Å². The zero-order valence-electron chi connectivity index (χ0n) is 16.0. The molecule has 0 bridgehead atoms. The summed E-state index contributed by atoms with van der Waals surface area (Å²) in [5.41, 5.74) is 1.87. The lowest BCUT2D eigenvalue weighted by molar-refractivity contribution is -1.02. The number of carbonyl (C=O) groups excluding carboxylic acids is 1. The topological polar surface area (TPSA) is 56.4 Å². The first-order valence-electron chi connectivity index (χ1n) is 9.71. The molecule has 0 saturated carbocycles. The summed E-state index contributed by atoms with van der Waals surface area (Å²) in [6, 6.07) is 11.9. The van der Waals surface area contributed by atoms with Gasteiger partial charge in [-0.1, -0.05) is 0 Å². The second kappa shape index (κ2) is 8.16. The Labute approximate surface area is 163 Å². The number of carbonyl (C=O) groups is 1. The third-order valence-electron chi connectivity index (χ3n) is 5.61. The molecule has 0 spiro atoms. The summed E-state index contributed by atoms with van der Waals surface area (Å²) in [7, 11) is 0. The highest BCUT2D eigenvalue weighted by Crippen LogP contribution is 2.32. The van der Waals surface area contributed by atoms with Gasteiger partial charge in [-0.3, -0.25) is 4.79 Å². The smallest absolute Gasteiger partial charge is 0.282 e. The van der Waals surface area contributed by atoms with E-state index < -0.39 is 0 Å². The molecule has 4 rings (SSSR count). The van der Waals surface area contributed by atoms with Gasteiger partial charge in [0.05, 0.1) is 0 Å². The number of halogens is 1. The van der Waals surface area contributed by atoms with Gasteiger partial charge in [-0.15, -0.1) is 0 Å². The molecular formula is C21H26FN3O3+2. The van der Waals surface area contributed by atoms with Gasteiger partial charge in [0.25, 0.3) is 5.91 Å². The van der Waals surface area contributed by atoms with E-state index in [1.54, 1.807) is 12.1 Å². The van der Waals surface area contributed by atoms with Crippen molar-refractivity contribution in [2.75, 3.05) is 38.3 Å². The number of benzene rings is 2. The predicted molar refractivity (Wildman–Crippen MR) is 102 cm³/mol. The van der Waals surface area contributed by atoms with Crippen molar-refractivity contribution in [1.82, 2.24) is 0 Å². The van der Waals surface area contributed by atoms with E-state index in [1.165, 1.54) is 27.5 Å². The van der Waals surface area contributed by atoms with E-state index in [9.17, 15) is 9.18 Å². The van der Waals surface area contributed by atoms with Crippen molar-refractivity contribution in [3.8, 4) is 11.5 Å². The largest absolute Gasteiger partial charge is 0.454 e. The maximum atomic E-state index is 13.0. The first kappa shape index (κ1) is 18.7. The molecule has 1 atom stereocenters. The number of anilines is 1. The van der Waals surface area contributed by atoms with Gasteiger partial charge in [-0.25, -0.2) is 4.39 Å². The van der Waals surface area contributed by atoms with Crippen molar-refractivity contribution in [1.29, 1.82) is 0 Å². The zero-order chi connectivity index (χ0) is 19.5. The number of nitrogens with one attached hydrogen (secondary N) is 3. The molecule has 28 heavy (non-hydrogen) atoms. The minimum absolute atomic E-state index is 0.0270. The van der Waals surface area contributed by atoms with E-state index in [-0.39, 0.29) is 17.8 Å². The van der Waals surface area contributed by atoms with Crippen molar-refractivity contribution in [3.05, 3.63) is 53.8 Å². The number of rotatable bonds is 5. The molecule has 0 aromatic heterocycles. The van der Waals surface area contributed by atoms with Crippen molar-refractivity contribution < 1.29 is 28.5 Å². The van der Waals surface area contributed by atoms with Gasteiger partial charge in [0.1, 0.15) is 38.5 Å². The number of quaternary nitrogens is 2. The van der Waals surface area contributed by atoms with Crippen LogP contribution in [0.25, 0.3) is 0 Å². The van der Waals surface area contributed by atoms with E-state index in [0.29, 0.717) is 12.5 Å². The molecule has 3 N–H and O–H groups in total. The monoisotopic (exact) mass is 387 g/mol. The molecule has 1 saturated heterocycles.